The lowest BCUT2D eigenvalue weighted by molar-refractivity contribution is 0.256. The van der Waals surface area contributed by atoms with Crippen LogP contribution in [0.1, 0.15) is 19.2 Å². The predicted octanol–water partition coefficient (Wildman–Crippen LogP) is 2.92. The summed E-state index contributed by atoms with van der Waals surface area (Å²) in [4.78, 5) is 0. The van der Waals surface area contributed by atoms with Gasteiger partial charge in [0, 0.05) is 7.11 Å². The van der Waals surface area contributed by atoms with Gasteiger partial charge in [-0.3, -0.25) is 0 Å². The van der Waals surface area contributed by atoms with Crippen molar-refractivity contribution in [1.29, 1.82) is 0 Å². The number of hydrogen-bond acceptors (Lipinski definition) is 4. The molecule has 0 amide bonds. The van der Waals surface area contributed by atoms with Crippen LogP contribution in [0, 0.1) is 5.92 Å². The summed E-state index contributed by atoms with van der Waals surface area (Å²) in [7, 11) is 1.71. The number of aromatic nitrogens is 3. The quantitative estimate of drug-likeness (QED) is 0.766. The Bertz CT molecular complexity index is 483. The number of nitrogens with zero attached hydrogens (tertiary/aromatic N) is 3. The summed E-state index contributed by atoms with van der Waals surface area (Å²) in [6, 6.07) is 8.03. The van der Waals surface area contributed by atoms with Gasteiger partial charge in [-0.2, -0.15) is 0 Å². The van der Waals surface area contributed by atoms with Crippen molar-refractivity contribution >= 4 is 22.8 Å². The lowest BCUT2D eigenvalue weighted by Gasteiger charge is -2.20. The van der Waals surface area contributed by atoms with Crippen LogP contribution in [0.5, 0.6) is 0 Å². The van der Waals surface area contributed by atoms with Gasteiger partial charge in [0.1, 0.15) is 10.9 Å². The maximum absolute atomic E-state index is 5.13. The van der Waals surface area contributed by atoms with E-state index in [-0.39, 0.29) is 5.37 Å². The predicted molar refractivity (Wildman–Crippen MR) is 70.9 cm³/mol. The van der Waals surface area contributed by atoms with Gasteiger partial charge in [-0.1, -0.05) is 31.2 Å². The Morgan fingerprint density at radius 1 is 1.35 bits per heavy atom. The Hall–Kier alpha value is -1.07. The lowest BCUT2D eigenvalue weighted by atomic mass is 10.2. The van der Waals surface area contributed by atoms with Gasteiger partial charge in [-0.25, -0.2) is 4.68 Å². The fourth-order valence-corrected chi connectivity index (χ4v) is 2.72. The molecule has 0 aliphatic rings. The Labute approximate surface area is 105 Å². The lowest BCUT2D eigenvalue weighted by Crippen LogP contribution is -2.14. The van der Waals surface area contributed by atoms with Crippen LogP contribution < -0.4 is 0 Å². The number of benzene rings is 1. The Kier molecular flexibility index (Phi) is 4.02. The maximum atomic E-state index is 5.13. The van der Waals surface area contributed by atoms with Gasteiger partial charge in [0.25, 0.3) is 0 Å². The van der Waals surface area contributed by atoms with E-state index < -0.39 is 0 Å². The number of hydrogen-bond donors (Lipinski definition) is 0. The van der Waals surface area contributed by atoms with Gasteiger partial charge in [0.15, 0.2) is 0 Å². The highest BCUT2D eigenvalue weighted by Gasteiger charge is 2.19. The van der Waals surface area contributed by atoms with Crippen LogP contribution in [-0.2, 0) is 4.74 Å². The topological polar surface area (TPSA) is 39.9 Å². The van der Waals surface area contributed by atoms with Crippen LogP contribution in [0.2, 0.25) is 0 Å². The van der Waals surface area contributed by atoms with Crippen LogP contribution in [0.25, 0.3) is 11.0 Å². The third-order valence-electron chi connectivity index (χ3n) is 2.55. The van der Waals surface area contributed by atoms with Crippen molar-refractivity contribution < 1.29 is 4.74 Å². The fraction of sp³-hybridized carbons (Fsp3) is 0.500. The van der Waals surface area contributed by atoms with E-state index in [1.807, 2.05) is 22.9 Å². The van der Waals surface area contributed by atoms with Gasteiger partial charge < -0.3 is 4.74 Å². The first-order valence-electron chi connectivity index (χ1n) is 5.64. The van der Waals surface area contributed by atoms with E-state index in [1.165, 1.54) is 0 Å². The molecule has 0 spiro atoms. The number of thioether (sulfide) groups is 1. The van der Waals surface area contributed by atoms with Crippen molar-refractivity contribution in [2.75, 3.05) is 13.0 Å². The molecule has 0 fully saturated rings. The molecule has 1 aromatic carbocycles. The number of rotatable bonds is 5. The molecule has 2 rings (SSSR count). The molecule has 5 heteroatoms. The van der Waals surface area contributed by atoms with Crippen molar-refractivity contribution in [2.24, 2.45) is 5.92 Å². The second-order valence-electron chi connectivity index (χ2n) is 4.23. The highest BCUT2D eigenvalue weighted by atomic mass is 32.2. The zero-order valence-corrected chi connectivity index (χ0v) is 11.1. The third-order valence-corrected chi connectivity index (χ3v) is 4.00. The molecule has 92 valence electrons. The zero-order chi connectivity index (χ0) is 12.3. The molecule has 1 aromatic heterocycles. The van der Waals surface area contributed by atoms with Crippen LogP contribution in [0.4, 0.5) is 0 Å². The van der Waals surface area contributed by atoms with E-state index in [0.717, 1.165) is 11.0 Å². The van der Waals surface area contributed by atoms with E-state index in [1.54, 1.807) is 18.9 Å². The van der Waals surface area contributed by atoms with Gasteiger partial charge in [0.2, 0.25) is 0 Å². The van der Waals surface area contributed by atoms with E-state index in [4.69, 9.17) is 4.74 Å². The molecular weight excluding hydrogens is 234 g/mol. The second kappa shape index (κ2) is 5.51. The van der Waals surface area contributed by atoms with E-state index in [2.05, 4.69) is 30.2 Å². The van der Waals surface area contributed by atoms with Crippen LogP contribution >= 0.6 is 11.8 Å². The first-order valence-corrected chi connectivity index (χ1v) is 6.69. The number of para-hydroxylation sites is 1. The minimum atomic E-state index is 0.252. The molecule has 0 saturated heterocycles. The average molecular weight is 251 g/mol. The molecule has 1 heterocycles. The maximum Gasteiger partial charge on any atom is 0.113 e. The normalized spacial score (nSPS) is 13.4. The van der Waals surface area contributed by atoms with Crippen molar-refractivity contribution in [2.45, 2.75) is 19.2 Å². The first kappa shape index (κ1) is 12.4. The summed E-state index contributed by atoms with van der Waals surface area (Å²) in [6.07, 6.45) is 0. The van der Waals surface area contributed by atoms with Gasteiger partial charge in [-0.05, 0) is 18.1 Å². The van der Waals surface area contributed by atoms with Crippen LogP contribution in [-0.4, -0.2) is 28.0 Å². The van der Waals surface area contributed by atoms with Crippen LogP contribution in [0.15, 0.2) is 24.3 Å². The van der Waals surface area contributed by atoms with Crippen molar-refractivity contribution in [3.63, 3.8) is 0 Å². The highest BCUT2D eigenvalue weighted by molar-refractivity contribution is 7.99. The molecule has 0 saturated carbocycles. The largest absolute Gasteiger partial charge is 0.374 e. The van der Waals surface area contributed by atoms with E-state index in [0.29, 0.717) is 11.9 Å². The van der Waals surface area contributed by atoms with Crippen molar-refractivity contribution in [3.8, 4) is 0 Å². The fourth-order valence-electron chi connectivity index (χ4n) is 1.76. The summed E-state index contributed by atoms with van der Waals surface area (Å²) in [6.45, 7) is 4.37. The Morgan fingerprint density at radius 2 is 2.12 bits per heavy atom. The van der Waals surface area contributed by atoms with E-state index in [9.17, 15) is 0 Å². The zero-order valence-electron chi connectivity index (χ0n) is 10.3. The minimum absolute atomic E-state index is 0.252. The molecule has 0 aliphatic heterocycles. The standard InChI is InChI=1S/C12H17N3OS/c1-9(2)12(17-8-16-3)15-11-7-5-4-6-10(11)13-14-15/h4-7,9,12H,8H2,1-3H3. The summed E-state index contributed by atoms with van der Waals surface area (Å²) in [5, 5.41) is 8.70. The molecule has 1 atom stereocenters. The monoisotopic (exact) mass is 251 g/mol. The van der Waals surface area contributed by atoms with E-state index >= 15 is 0 Å². The number of fused-ring (bicyclic) bond motifs is 1. The molecule has 0 bridgehead atoms. The van der Waals surface area contributed by atoms with Gasteiger partial charge in [0.05, 0.1) is 11.5 Å². The average Bonchev–Trinajstić information content (AvgIpc) is 2.73. The van der Waals surface area contributed by atoms with Gasteiger partial charge >= 0.3 is 0 Å². The molecule has 1 unspecified atom stereocenters. The molecule has 0 N–H and O–H groups in total. The smallest absolute Gasteiger partial charge is 0.113 e. The second-order valence-corrected chi connectivity index (χ2v) is 5.28. The highest BCUT2D eigenvalue weighted by Crippen LogP contribution is 2.32. The Balaban J connectivity index is 2.34. The number of ether oxygens (including phenoxy) is 1. The summed E-state index contributed by atoms with van der Waals surface area (Å²) in [5.74, 6) is 1.14. The number of methoxy groups -OCH3 is 1. The molecule has 0 aliphatic carbocycles. The van der Waals surface area contributed by atoms with Crippen molar-refractivity contribution in [3.05, 3.63) is 24.3 Å². The SMILES string of the molecule is COCSC(C(C)C)n1nnc2ccccc21. The first-order chi connectivity index (χ1) is 8.24. The summed E-state index contributed by atoms with van der Waals surface area (Å²) in [5.41, 5.74) is 2.02. The minimum Gasteiger partial charge on any atom is -0.374 e. The summed E-state index contributed by atoms with van der Waals surface area (Å²) < 4.78 is 7.12. The van der Waals surface area contributed by atoms with Crippen molar-refractivity contribution in [1.82, 2.24) is 15.0 Å². The molecular formula is C12H17N3OS. The molecule has 4 nitrogen and oxygen atoms in total. The summed E-state index contributed by atoms with van der Waals surface area (Å²) >= 11 is 1.74. The third kappa shape index (κ3) is 2.61. The molecule has 2 aromatic rings. The Morgan fingerprint density at radius 3 is 2.82 bits per heavy atom. The molecule has 17 heavy (non-hydrogen) atoms. The van der Waals surface area contributed by atoms with Gasteiger partial charge in [-0.15, -0.1) is 16.9 Å². The molecule has 0 radical (unpaired) electrons. The van der Waals surface area contributed by atoms with Crippen LogP contribution in [0.3, 0.4) is 0 Å².